The standard InChI is InChI=1S/C11H12N2O2/c1-12-6-5-10-8-9(2-3-11(10)12)4-7-13(14)15/h2-3,5-6,8H,4,7H2,1H3. The second-order valence-corrected chi connectivity index (χ2v) is 3.63. The average molecular weight is 204 g/mol. The molecule has 0 saturated carbocycles. The fourth-order valence-corrected chi connectivity index (χ4v) is 1.71. The van der Waals surface area contributed by atoms with Gasteiger partial charge in [0.2, 0.25) is 6.54 Å². The van der Waals surface area contributed by atoms with Crippen LogP contribution >= 0.6 is 0 Å². The molecule has 2 aromatic rings. The van der Waals surface area contributed by atoms with Crippen molar-refractivity contribution in [3.63, 3.8) is 0 Å². The van der Waals surface area contributed by atoms with E-state index in [9.17, 15) is 10.1 Å². The van der Waals surface area contributed by atoms with Crippen molar-refractivity contribution < 1.29 is 4.92 Å². The molecule has 2 rings (SSSR count). The largest absolute Gasteiger partial charge is 0.351 e. The van der Waals surface area contributed by atoms with Gasteiger partial charge in [-0.2, -0.15) is 0 Å². The Balaban J connectivity index is 2.27. The summed E-state index contributed by atoms with van der Waals surface area (Å²) in [6, 6.07) is 7.99. The minimum Gasteiger partial charge on any atom is -0.351 e. The van der Waals surface area contributed by atoms with Crippen molar-refractivity contribution >= 4 is 10.9 Å². The van der Waals surface area contributed by atoms with Gasteiger partial charge in [-0.25, -0.2) is 0 Å². The van der Waals surface area contributed by atoms with Crippen LogP contribution in [-0.2, 0) is 13.5 Å². The second-order valence-electron chi connectivity index (χ2n) is 3.63. The van der Waals surface area contributed by atoms with Crippen LogP contribution in [0.25, 0.3) is 10.9 Å². The lowest BCUT2D eigenvalue weighted by atomic mass is 10.1. The lowest BCUT2D eigenvalue weighted by Crippen LogP contribution is -2.03. The SMILES string of the molecule is Cn1ccc2cc(CC[N+](=O)[O-])ccc21. The quantitative estimate of drug-likeness (QED) is 0.567. The molecule has 15 heavy (non-hydrogen) atoms. The fourth-order valence-electron chi connectivity index (χ4n) is 1.71. The minimum absolute atomic E-state index is 0.00165. The normalized spacial score (nSPS) is 10.7. The summed E-state index contributed by atoms with van der Waals surface area (Å²) in [6.07, 6.45) is 2.49. The first-order valence-corrected chi connectivity index (χ1v) is 4.82. The van der Waals surface area contributed by atoms with Gasteiger partial charge in [0.1, 0.15) is 0 Å². The molecule has 1 heterocycles. The summed E-state index contributed by atoms with van der Waals surface area (Å²) in [7, 11) is 1.99. The number of fused-ring (bicyclic) bond motifs is 1. The van der Waals surface area contributed by atoms with Crippen molar-refractivity contribution in [3.05, 3.63) is 46.1 Å². The van der Waals surface area contributed by atoms with E-state index in [0.717, 1.165) is 16.5 Å². The monoisotopic (exact) mass is 204 g/mol. The highest BCUT2D eigenvalue weighted by atomic mass is 16.6. The number of nitro groups is 1. The molecule has 4 nitrogen and oxygen atoms in total. The Morgan fingerprint density at radius 1 is 1.40 bits per heavy atom. The molecule has 0 spiro atoms. The van der Waals surface area contributed by atoms with Crippen LogP contribution in [0.1, 0.15) is 5.56 Å². The van der Waals surface area contributed by atoms with Gasteiger partial charge in [0, 0.05) is 30.1 Å². The van der Waals surface area contributed by atoms with Gasteiger partial charge in [-0.05, 0) is 29.1 Å². The molecular weight excluding hydrogens is 192 g/mol. The third kappa shape index (κ3) is 1.98. The number of benzene rings is 1. The van der Waals surface area contributed by atoms with Crippen molar-refractivity contribution in [2.45, 2.75) is 6.42 Å². The van der Waals surface area contributed by atoms with Crippen LogP contribution in [-0.4, -0.2) is 16.0 Å². The summed E-state index contributed by atoms with van der Waals surface area (Å²) in [6.45, 7) is -0.00165. The molecule has 4 heteroatoms. The Morgan fingerprint density at radius 2 is 2.20 bits per heavy atom. The van der Waals surface area contributed by atoms with Gasteiger partial charge in [-0.1, -0.05) is 6.07 Å². The van der Waals surface area contributed by atoms with Gasteiger partial charge in [0.25, 0.3) is 0 Å². The number of hydrogen-bond donors (Lipinski definition) is 0. The third-order valence-corrected chi connectivity index (χ3v) is 2.53. The molecule has 78 valence electrons. The molecule has 0 saturated heterocycles. The maximum absolute atomic E-state index is 10.2. The Labute approximate surface area is 87.3 Å². The maximum atomic E-state index is 10.2. The van der Waals surface area contributed by atoms with E-state index in [1.165, 1.54) is 0 Å². The van der Waals surface area contributed by atoms with Crippen LogP contribution in [0.15, 0.2) is 30.5 Å². The van der Waals surface area contributed by atoms with Crippen LogP contribution in [0.4, 0.5) is 0 Å². The smallest absolute Gasteiger partial charge is 0.207 e. The number of aryl methyl sites for hydroxylation is 1. The molecule has 1 aromatic carbocycles. The van der Waals surface area contributed by atoms with Gasteiger partial charge in [0.15, 0.2) is 0 Å². The third-order valence-electron chi connectivity index (χ3n) is 2.53. The first kappa shape index (κ1) is 9.71. The molecular formula is C11H12N2O2. The number of rotatable bonds is 3. The minimum atomic E-state index is -0.283. The first-order valence-electron chi connectivity index (χ1n) is 4.82. The highest BCUT2D eigenvalue weighted by Crippen LogP contribution is 2.16. The molecule has 0 fully saturated rings. The zero-order valence-corrected chi connectivity index (χ0v) is 8.51. The second kappa shape index (κ2) is 3.73. The molecule has 0 atom stereocenters. The lowest BCUT2D eigenvalue weighted by Gasteiger charge is -1.99. The van der Waals surface area contributed by atoms with E-state index in [1.807, 2.05) is 42.1 Å². The molecule has 0 aliphatic rings. The summed E-state index contributed by atoms with van der Waals surface area (Å²) < 4.78 is 2.03. The zero-order chi connectivity index (χ0) is 10.8. The van der Waals surface area contributed by atoms with Crippen molar-refractivity contribution in [3.8, 4) is 0 Å². The molecule has 0 unspecified atom stereocenters. The van der Waals surface area contributed by atoms with Crippen LogP contribution in [0, 0.1) is 10.1 Å². The predicted molar refractivity (Wildman–Crippen MR) is 58.5 cm³/mol. The van der Waals surface area contributed by atoms with E-state index >= 15 is 0 Å². The average Bonchev–Trinajstić information content (AvgIpc) is 2.57. The van der Waals surface area contributed by atoms with Crippen molar-refractivity contribution in [1.29, 1.82) is 0 Å². The summed E-state index contributed by atoms with van der Waals surface area (Å²) in [5.41, 5.74) is 2.17. The molecule has 0 radical (unpaired) electrons. The van der Waals surface area contributed by atoms with Crippen molar-refractivity contribution in [2.75, 3.05) is 6.54 Å². The summed E-state index contributed by atoms with van der Waals surface area (Å²) in [4.78, 5) is 9.96. The Bertz CT molecular complexity index is 502. The first-order chi connectivity index (χ1) is 7.16. The van der Waals surface area contributed by atoms with Gasteiger partial charge in [-0.15, -0.1) is 0 Å². The van der Waals surface area contributed by atoms with Crippen molar-refractivity contribution in [2.24, 2.45) is 7.05 Å². The summed E-state index contributed by atoms with van der Waals surface area (Å²) in [5, 5.41) is 11.4. The molecule has 0 bridgehead atoms. The Morgan fingerprint density at radius 3 is 2.93 bits per heavy atom. The summed E-state index contributed by atoms with van der Waals surface area (Å²) >= 11 is 0. The topological polar surface area (TPSA) is 48.1 Å². The molecule has 0 aliphatic carbocycles. The highest BCUT2D eigenvalue weighted by Gasteiger charge is 2.02. The lowest BCUT2D eigenvalue weighted by molar-refractivity contribution is -0.479. The van der Waals surface area contributed by atoms with E-state index in [0.29, 0.717) is 6.42 Å². The highest BCUT2D eigenvalue weighted by molar-refractivity contribution is 5.80. The Hall–Kier alpha value is -1.84. The molecule has 1 aromatic heterocycles. The van der Waals surface area contributed by atoms with Crippen molar-refractivity contribution in [1.82, 2.24) is 4.57 Å². The van der Waals surface area contributed by atoms with Gasteiger partial charge >= 0.3 is 0 Å². The van der Waals surface area contributed by atoms with Gasteiger partial charge in [-0.3, -0.25) is 10.1 Å². The Kier molecular flexibility index (Phi) is 2.41. The zero-order valence-electron chi connectivity index (χ0n) is 8.51. The van der Waals surface area contributed by atoms with Crippen LogP contribution < -0.4 is 0 Å². The van der Waals surface area contributed by atoms with Crippen LogP contribution in [0.5, 0.6) is 0 Å². The van der Waals surface area contributed by atoms with Crippen LogP contribution in [0.3, 0.4) is 0 Å². The van der Waals surface area contributed by atoms with E-state index < -0.39 is 0 Å². The molecule has 0 N–H and O–H groups in total. The van der Waals surface area contributed by atoms with Crippen LogP contribution in [0.2, 0.25) is 0 Å². The van der Waals surface area contributed by atoms with E-state index in [2.05, 4.69) is 0 Å². The predicted octanol–water partition coefficient (Wildman–Crippen LogP) is 2.00. The number of aromatic nitrogens is 1. The number of hydrogen-bond acceptors (Lipinski definition) is 2. The van der Waals surface area contributed by atoms with Gasteiger partial charge in [0.05, 0.1) is 0 Å². The fraction of sp³-hybridized carbons (Fsp3) is 0.273. The molecule has 0 aliphatic heterocycles. The molecule has 0 amide bonds. The number of nitrogens with zero attached hydrogens (tertiary/aromatic N) is 2. The van der Waals surface area contributed by atoms with E-state index in [1.54, 1.807) is 0 Å². The van der Waals surface area contributed by atoms with Gasteiger partial charge < -0.3 is 4.57 Å². The van der Waals surface area contributed by atoms with E-state index in [-0.39, 0.29) is 11.5 Å². The maximum Gasteiger partial charge on any atom is 0.207 e. The summed E-state index contributed by atoms with van der Waals surface area (Å²) in [5.74, 6) is 0. The van der Waals surface area contributed by atoms with E-state index in [4.69, 9.17) is 0 Å².